The Morgan fingerprint density at radius 3 is 3.08 bits per heavy atom. The molecule has 0 radical (unpaired) electrons. The lowest BCUT2D eigenvalue weighted by molar-refractivity contribution is 0.0943. The Balaban J connectivity index is 1.67. The predicted octanol–water partition coefficient (Wildman–Crippen LogP) is 1.75. The van der Waals surface area contributed by atoms with E-state index in [2.05, 4.69) is 15.7 Å². The van der Waals surface area contributed by atoms with E-state index in [1.165, 1.54) is 23.0 Å². The van der Waals surface area contributed by atoms with Gasteiger partial charge in [0.15, 0.2) is 11.4 Å². The maximum absolute atomic E-state index is 13.2. The third-order valence-electron chi connectivity index (χ3n) is 4.32. The van der Waals surface area contributed by atoms with Crippen LogP contribution in [0.2, 0.25) is 0 Å². The lowest BCUT2D eigenvalue weighted by Crippen LogP contribution is -2.27. The Morgan fingerprint density at radius 1 is 1.54 bits per heavy atom. The summed E-state index contributed by atoms with van der Waals surface area (Å²) in [4.78, 5) is 12.2. The molecular weight excluding hydrogens is 311 g/mol. The van der Waals surface area contributed by atoms with Gasteiger partial charge >= 0.3 is 0 Å². The first-order valence-corrected chi connectivity index (χ1v) is 8.08. The van der Waals surface area contributed by atoms with Crippen LogP contribution in [0.4, 0.5) is 4.39 Å². The van der Waals surface area contributed by atoms with E-state index in [9.17, 15) is 14.3 Å². The van der Waals surface area contributed by atoms with Crippen LogP contribution < -0.4 is 10.6 Å². The second-order valence-electron chi connectivity index (χ2n) is 6.14. The average Bonchev–Trinajstić information content (AvgIpc) is 3.17. The number of benzene rings is 1. The molecule has 24 heavy (non-hydrogen) atoms. The topological polar surface area (TPSA) is 79.2 Å². The number of rotatable bonds is 5. The highest BCUT2D eigenvalue weighted by molar-refractivity contribution is 5.94. The Hall–Kier alpha value is -2.41. The fourth-order valence-corrected chi connectivity index (χ4v) is 2.96. The first kappa shape index (κ1) is 16.4. The van der Waals surface area contributed by atoms with Crippen molar-refractivity contribution >= 4 is 5.91 Å². The maximum Gasteiger partial charge on any atom is 0.275 e. The van der Waals surface area contributed by atoms with E-state index in [0.29, 0.717) is 23.7 Å². The molecule has 3 N–H and O–H groups in total. The van der Waals surface area contributed by atoms with E-state index in [0.717, 1.165) is 25.9 Å². The van der Waals surface area contributed by atoms with Crippen molar-refractivity contribution < 1.29 is 14.3 Å². The molecule has 1 fully saturated rings. The molecule has 7 heteroatoms. The van der Waals surface area contributed by atoms with Crippen LogP contribution >= 0.6 is 0 Å². The van der Waals surface area contributed by atoms with Crippen molar-refractivity contribution in [3.8, 4) is 11.4 Å². The van der Waals surface area contributed by atoms with E-state index in [-0.39, 0.29) is 17.3 Å². The fourth-order valence-electron chi connectivity index (χ4n) is 2.96. The van der Waals surface area contributed by atoms with Crippen LogP contribution in [0.5, 0.6) is 5.75 Å². The predicted molar refractivity (Wildman–Crippen MR) is 87.9 cm³/mol. The van der Waals surface area contributed by atoms with Crippen molar-refractivity contribution in [1.29, 1.82) is 0 Å². The summed E-state index contributed by atoms with van der Waals surface area (Å²) in [7, 11) is 0. The minimum absolute atomic E-state index is 0.0247. The number of carbonyl (C=O) groups excluding carboxylic acids is 1. The Morgan fingerprint density at radius 2 is 2.38 bits per heavy atom. The van der Waals surface area contributed by atoms with Crippen molar-refractivity contribution in [1.82, 2.24) is 20.4 Å². The molecule has 1 aliphatic heterocycles. The molecule has 2 aromatic rings. The number of hydrogen-bond donors (Lipinski definition) is 3. The molecule has 1 aromatic carbocycles. The second-order valence-corrected chi connectivity index (χ2v) is 6.14. The normalized spacial score (nSPS) is 17.2. The van der Waals surface area contributed by atoms with Gasteiger partial charge in [-0.2, -0.15) is 5.10 Å². The molecule has 1 atom stereocenters. The monoisotopic (exact) mass is 332 g/mol. The van der Waals surface area contributed by atoms with Crippen molar-refractivity contribution in [2.45, 2.75) is 19.8 Å². The number of halogens is 1. The molecule has 2 heterocycles. The maximum atomic E-state index is 13.2. The highest BCUT2D eigenvalue weighted by atomic mass is 19.1. The number of aromatic hydroxyl groups is 1. The molecule has 0 spiro atoms. The molecule has 0 saturated carbocycles. The van der Waals surface area contributed by atoms with Gasteiger partial charge < -0.3 is 15.7 Å². The van der Waals surface area contributed by atoms with Crippen LogP contribution in [0.1, 0.15) is 28.9 Å². The third-order valence-corrected chi connectivity index (χ3v) is 4.32. The van der Waals surface area contributed by atoms with E-state index < -0.39 is 5.91 Å². The van der Waals surface area contributed by atoms with Gasteiger partial charge in [-0.25, -0.2) is 9.07 Å². The van der Waals surface area contributed by atoms with Gasteiger partial charge in [0.25, 0.3) is 5.91 Å². The number of hydrogen-bond acceptors (Lipinski definition) is 4. The molecule has 1 amide bonds. The largest absolute Gasteiger partial charge is 0.504 e. The van der Waals surface area contributed by atoms with Gasteiger partial charge in [-0.3, -0.25) is 4.79 Å². The zero-order chi connectivity index (χ0) is 17.1. The minimum Gasteiger partial charge on any atom is -0.504 e. The number of carbonyl (C=O) groups is 1. The SMILES string of the molecule is Cc1cc(F)ccc1-n1cc(O)c(C(=O)NCCC2CCNC2)n1. The quantitative estimate of drug-likeness (QED) is 0.779. The summed E-state index contributed by atoms with van der Waals surface area (Å²) >= 11 is 0. The number of amides is 1. The Bertz CT molecular complexity index is 738. The standard InChI is InChI=1S/C17H21FN4O2/c1-11-8-13(18)2-3-14(11)22-10-15(23)16(21-22)17(24)20-7-5-12-4-6-19-9-12/h2-3,8,10,12,19,23H,4-7,9H2,1H3,(H,20,24). The molecule has 3 rings (SSSR count). The molecule has 1 aromatic heterocycles. The van der Waals surface area contributed by atoms with Crippen molar-refractivity contribution in [2.24, 2.45) is 5.92 Å². The van der Waals surface area contributed by atoms with Gasteiger partial charge in [-0.05, 0) is 62.5 Å². The van der Waals surface area contributed by atoms with E-state index >= 15 is 0 Å². The molecule has 0 bridgehead atoms. The molecule has 6 nitrogen and oxygen atoms in total. The number of aryl methyl sites for hydroxylation is 1. The molecule has 1 aliphatic rings. The molecule has 1 saturated heterocycles. The second kappa shape index (κ2) is 7.00. The zero-order valence-corrected chi connectivity index (χ0v) is 13.6. The van der Waals surface area contributed by atoms with E-state index in [4.69, 9.17) is 0 Å². The zero-order valence-electron chi connectivity index (χ0n) is 13.6. The lowest BCUT2D eigenvalue weighted by Gasteiger charge is -2.08. The van der Waals surface area contributed by atoms with Crippen LogP contribution in [-0.2, 0) is 0 Å². The summed E-state index contributed by atoms with van der Waals surface area (Å²) in [6.07, 6.45) is 3.38. The highest BCUT2D eigenvalue weighted by Crippen LogP contribution is 2.21. The third kappa shape index (κ3) is 3.56. The summed E-state index contributed by atoms with van der Waals surface area (Å²) in [6.45, 7) is 4.31. The van der Waals surface area contributed by atoms with Crippen LogP contribution in [0.25, 0.3) is 5.69 Å². The number of nitrogens with one attached hydrogen (secondary N) is 2. The molecule has 128 valence electrons. The van der Waals surface area contributed by atoms with Gasteiger partial charge in [0, 0.05) is 6.54 Å². The van der Waals surface area contributed by atoms with Crippen molar-refractivity contribution in [2.75, 3.05) is 19.6 Å². The number of aromatic nitrogens is 2. The van der Waals surface area contributed by atoms with Crippen molar-refractivity contribution in [3.63, 3.8) is 0 Å². The molecule has 1 unspecified atom stereocenters. The van der Waals surface area contributed by atoms with Crippen LogP contribution in [0.15, 0.2) is 24.4 Å². The van der Waals surface area contributed by atoms with Crippen molar-refractivity contribution in [3.05, 3.63) is 41.5 Å². The van der Waals surface area contributed by atoms with Crippen LogP contribution in [0, 0.1) is 18.7 Å². The first-order chi connectivity index (χ1) is 11.5. The summed E-state index contributed by atoms with van der Waals surface area (Å²) in [5.74, 6) is -0.360. The van der Waals surface area contributed by atoms with Crippen LogP contribution in [0.3, 0.4) is 0 Å². The summed E-state index contributed by atoms with van der Waals surface area (Å²) in [6, 6.07) is 4.26. The molecule has 0 aliphatic carbocycles. The van der Waals surface area contributed by atoms with Gasteiger partial charge in [0.2, 0.25) is 0 Å². The average molecular weight is 332 g/mol. The van der Waals surface area contributed by atoms with Gasteiger partial charge in [-0.1, -0.05) is 0 Å². The van der Waals surface area contributed by atoms with Gasteiger partial charge in [0.05, 0.1) is 11.9 Å². The molecular formula is C17H21FN4O2. The summed E-state index contributed by atoms with van der Waals surface area (Å²) < 4.78 is 14.6. The van der Waals surface area contributed by atoms with E-state index in [1.54, 1.807) is 13.0 Å². The van der Waals surface area contributed by atoms with Gasteiger partial charge in [0.1, 0.15) is 5.82 Å². The lowest BCUT2D eigenvalue weighted by atomic mass is 10.1. The fraction of sp³-hybridized carbons (Fsp3) is 0.412. The number of nitrogens with zero attached hydrogens (tertiary/aromatic N) is 2. The first-order valence-electron chi connectivity index (χ1n) is 8.08. The minimum atomic E-state index is -0.406. The van der Waals surface area contributed by atoms with Gasteiger partial charge in [-0.15, -0.1) is 0 Å². The summed E-state index contributed by atoms with van der Waals surface area (Å²) in [5.41, 5.74) is 1.25. The summed E-state index contributed by atoms with van der Waals surface area (Å²) in [5, 5.41) is 20.2. The Labute approximate surface area is 139 Å². The van der Waals surface area contributed by atoms with E-state index in [1.807, 2.05) is 0 Å². The van der Waals surface area contributed by atoms with Crippen LogP contribution in [-0.4, -0.2) is 40.4 Å². The highest BCUT2D eigenvalue weighted by Gasteiger charge is 2.19. The smallest absolute Gasteiger partial charge is 0.275 e. The Kier molecular flexibility index (Phi) is 4.80.